The average molecular weight is 312 g/mol. The molecule has 21 heavy (non-hydrogen) atoms. The van der Waals surface area contributed by atoms with Gasteiger partial charge in [0, 0.05) is 13.2 Å². The van der Waals surface area contributed by atoms with Gasteiger partial charge in [-0.05, 0) is 30.5 Å². The molecule has 0 radical (unpaired) electrons. The summed E-state index contributed by atoms with van der Waals surface area (Å²) in [6, 6.07) is 3.64. The van der Waals surface area contributed by atoms with Gasteiger partial charge in [-0.2, -0.15) is 0 Å². The molecule has 1 heterocycles. The number of nitrogens with one attached hydrogen (secondary N) is 1. The number of benzene rings is 1. The lowest BCUT2D eigenvalue weighted by Crippen LogP contribution is -2.29. The molecule has 7 heteroatoms. The van der Waals surface area contributed by atoms with Crippen molar-refractivity contribution in [1.82, 2.24) is 4.72 Å². The Labute approximate surface area is 123 Å². The molecule has 114 valence electrons. The van der Waals surface area contributed by atoms with E-state index in [0.717, 1.165) is 12.5 Å². The second-order valence-corrected chi connectivity index (χ2v) is 6.50. The zero-order valence-corrected chi connectivity index (χ0v) is 12.2. The molecular formula is C14H17FN2O3S. The Morgan fingerprint density at radius 1 is 1.48 bits per heavy atom. The lowest BCUT2D eigenvalue weighted by atomic mass is 10.1. The highest BCUT2D eigenvalue weighted by molar-refractivity contribution is 7.89. The minimum Gasteiger partial charge on any atom is -0.381 e. The first-order valence-corrected chi connectivity index (χ1v) is 8.07. The second-order valence-electron chi connectivity index (χ2n) is 4.73. The zero-order valence-electron chi connectivity index (χ0n) is 11.4. The summed E-state index contributed by atoms with van der Waals surface area (Å²) < 4.78 is 45.6. The lowest BCUT2D eigenvalue weighted by Gasteiger charge is -2.10. The molecule has 1 saturated heterocycles. The molecule has 0 aliphatic carbocycles. The number of sulfonamides is 1. The van der Waals surface area contributed by atoms with Gasteiger partial charge in [0.1, 0.15) is 5.82 Å². The fourth-order valence-corrected chi connectivity index (χ4v) is 3.09. The molecule has 0 saturated carbocycles. The van der Waals surface area contributed by atoms with Crippen molar-refractivity contribution in [1.29, 1.82) is 0 Å². The molecular weight excluding hydrogens is 295 g/mol. The molecule has 1 unspecified atom stereocenters. The molecule has 1 atom stereocenters. The van der Waals surface area contributed by atoms with E-state index in [9.17, 15) is 12.8 Å². The zero-order chi connectivity index (χ0) is 15.3. The molecule has 1 aromatic rings. The van der Waals surface area contributed by atoms with E-state index in [1.807, 2.05) is 0 Å². The molecule has 1 fully saturated rings. The fourth-order valence-electron chi connectivity index (χ4n) is 1.97. The van der Waals surface area contributed by atoms with Crippen molar-refractivity contribution in [3.05, 3.63) is 29.6 Å². The average Bonchev–Trinajstić information content (AvgIpc) is 2.97. The summed E-state index contributed by atoms with van der Waals surface area (Å²) in [5.41, 5.74) is 5.34. The molecule has 0 bridgehead atoms. The monoisotopic (exact) mass is 312 g/mol. The van der Waals surface area contributed by atoms with Gasteiger partial charge < -0.3 is 10.5 Å². The SMILES string of the molecule is NCC#Cc1ccc(S(=O)(=O)NCC2CCOC2)cc1F. The van der Waals surface area contributed by atoms with Crippen molar-refractivity contribution in [2.24, 2.45) is 11.7 Å². The van der Waals surface area contributed by atoms with Gasteiger partial charge in [0.2, 0.25) is 10.0 Å². The lowest BCUT2D eigenvalue weighted by molar-refractivity contribution is 0.186. The molecule has 0 aromatic heterocycles. The van der Waals surface area contributed by atoms with Gasteiger partial charge in [-0.3, -0.25) is 0 Å². The molecule has 5 nitrogen and oxygen atoms in total. The van der Waals surface area contributed by atoms with Crippen molar-refractivity contribution in [3.8, 4) is 11.8 Å². The first-order valence-electron chi connectivity index (χ1n) is 6.59. The van der Waals surface area contributed by atoms with Crippen molar-refractivity contribution in [2.45, 2.75) is 11.3 Å². The molecule has 3 N–H and O–H groups in total. The van der Waals surface area contributed by atoms with Gasteiger partial charge in [-0.25, -0.2) is 17.5 Å². The maximum atomic E-state index is 13.8. The first-order chi connectivity index (χ1) is 10.0. The Hall–Kier alpha value is -1.46. The van der Waals surface area contributed by atoms with Crippen molar-refractivity contribution >= 4 is 10.0 Å². The van der Waals surface area contributed by atoms with Crippen LogP contribution in [0.15, 0.2) is 23.1 Å². The number of hydrogen-bond donors (Lipinski definition) is 2. The highest BCUT2D eigenvalue weighted by Gasteiger charge is 2.20. The normalized spacial score (nSPS) is 18.3. The van der Waals surface area contributed by atoms with Crippen LogP contribution in [0.3, 0.4) is 0 Å². The number of halogens is 1. The maximum Gasteiger partial charge on any atom is 0.240 e. The van der Waals surface area contributed by atoms with Crippen molar-refractivity contribution in [3.63, 3.8) is 0 Å². The van der Waals surface area contributed by atoms with Crippen LogP contribution in [0.1, 0.15) is 12.0 Å². The summed E-state index contributed by atoms with van der Waals surface area (Å²) in [7, 11) is -3.73. The second kappa shape index (κ2) is 7.00. The fraction of sp³-hybridized carbons (Fsp3) is 0.429. The predicted octanol–water partition coefficient (Wildman–Crippen LogP) is 0.451. The van der Waals surface area contributed by atoms with E-state index in [1.165, 1.54) is 12.1 Å². The Balaban J connectivity index is 2.10. The van der Waals surface area contributed by atoms with Crippen LogP contribution in [0.5, 0.6) is 0 Å². The Kier molecular flexibility index (Phi) is 5.31. The van der Waals surface area contributed by atoms with E-state index in [0.29, 0.717) is 19.8 Å². The minimum atomic E-state index is -3.73. The maximum absolute atomic E-state index is 13.8. The van der Waals surface area contributed by atoms with Crippen LogP contribution < -0.4 is 10.5 Å². The molecule has 0 spiro atoms. The summed E-state index contributed by atoms with van der Waals surface area (Å²) in [5.74, 6) is 4.56. The summed E-state index contributed by atoms with van der Waals surface area (Å²) in [5, 5.41) is 0. The van der Waals surface area contributed by atoms with Gasteiger partial charge in [-0.1, -0.05) is 11.8 Å². The summed E-state index contributed by atoms with van der Waals surface area (Å²) in [6.45, 7) is 1.60. The van der Waals surface area contributed by atoms with Crippen LogP contribution in [0.2, 0.25) is 0 Å². The Bertz CT molecular complexity index is 659. The summed E-state index contributed by atoms with van der Waals surface area (Å²) in [4.78, 5) is -0.114. The molecule has 1 aliphatic heterocycles. The molecule has 1 aliphatic rings. The van der Waals surface area contributed by atoms with Crippen LogP contribution in [-0.4, -0.2) is 34.7 Å². The van der Waals surface area contributed by atoms with Crippen LogP contribution in [0.4, 0.5) is 4.39 Å². The molecule has 1 aromatic carbocycles. The molecule has 0 amide bonds. The number of ether oxygens (including phenoxy) is 1. The summed E-state index contributed by atoms with van der Waals surface area (Å²) in [6.07, 6.45) is 0.824. The quantitative estimate of drug-likeness (QED) is 0.791. The standard InChI is InChI=1S/C14H17FN2O3S/c15-14-8-13(4-3-12(14)2-1-6-16)21(18,19)17-9-11-5-7-20-10-11/h3-4,8,11,17H,5-7,9-10,16H2. The number of rotatable bonds is 4. The third kappa shape index (κ3) is 4.25. The first kappa shape index (κ1) is 15.9. The van der Waals surface area contributed by atoms with Gasteiger partial charge in [0.15, 0.2) is 0 Å². The third-order valence-electron chi connectivity index (χ3n) is 3.16. The van der Waals surface area contributed by atoms with Crippen LogP contribution in [0, 0.1) is 23.6 Å². The Morgan fingerprint density at radius 3 is 2.90 bits per heavy atom. The third-order valence-corrected chi connectivity index (χ3v) is 4.58. The topological polar surface area (TPSA) is 81.4 Å². The minimum absolute atomic E-state index is 0.114. The van der Waals surface area contributed by atoms with Crippen LogP contribution in [0.25, 0.3) is 0 Å². The van der Waals surface area contributed by atoms with E-state index < -0.39 is 15.8 Å². The van der Waals surface area contributed by atoms with Crippen LogP contribution in [-0.2, 0) is 14.8 Å². The van der Waals surface area contributed by atoms with E-state index in [1.54, 1.807) is 0 Å². The summed E-state index contributed by atoms with van der Waals surface area (Å²) >= 11 is 0. The van der Waals surface area contributed by atoms with E-state index >= 15 is 0 Å². The van der Waals surface area contributed by atoms with E-state index in [-0.39, 0.29) is 22.9 Å². The van der Waals surface area contributed by atoms with Gasteiger partial charge >= 0.3 is 0 Å². The van der Waals surface area contributed by atoms with E-state index in [4.69, 9.17) is 10.5 Å². The largest absolute Gasteiger partial charge is 0.381 e. The Morgan fingerprint density at radius 2 is 2.29 bits per heavy atom. The van der Waals surface area contributed by atoms with Gasteiger partial charge in [0.25, 0.3) is 0 Å². The predicted molar refractivity (Wildman–Crippen MR) is 76.4 cm³/mol. The van der Waals surface area contributed by atoms with Crippen molar-refractivity contribution < 1.29 is 17.5 Å². The smallest absolute Gasteiger partial charge is 0.240 e. The van der Waals surface area contributed by atoms with E-state index in [2.05, 4.69) is 16.6 Å². The highest BCUT2D eigenvalue weighted by Crippen LogP contribution is 2.16. The number of nitrogens with two attached hydrogens (primary N) is 1. The highest BCUT2D eigenvalue weighted by atomic mass is 32.2. The van der Waals surface area contributed by atoms with Crippen molar-refractivity contribution in [2.75, 3.05) is 26.3 Å². The van der Waals surface area contributed by atoms with Gasteiger partial charge in [-0.15, -0.1) is 0 Å². The molecule has 2 rings (SSSR count). The number of hydrogen-bond acceptors (Lipinski definition) is 4. The van der Waals surface area contributed by atoms with Crippen LogP contribution >= 0.6 is 0 Å². The van der Waals surface area contributed by atoms with Gasteiger partial charge in [0.05, 0.1) is 23.6 Å².